The van der Waals surface area contributed by atoms with E-state index in [0.717, 1.165) is 27.5 Å². The molecular weight excluding hydrogens is 254 g/mol. The number of benzene rings is 1. The summed E-state index contributed by atoms with van der Waals surface area (Å²) in [6, 6.07) is 1.96. The largest absolute Gasteiger partial charge is 0.496 e. The third kappa shape index (κ3) is 3.11. The molecule has 0 aromatic heterocycles. The predicted octanol–water partition coefficient (Wildman–Crippen LogP) is 3.75. The maximum atomic E-state index is 6.27. The molecule has 1 aromatic rings. The lowest BCUT2D eigenvalue weighted by Gasteiger charge is -2.20. The van der Waals surface area contributed by atoms with Gasteiger partial charge in [0.15, 0.2) is 0 Å². The molecule has 17 heavy (non-hydrogen) atoms. The van der Waals surface area contributed by atoms with Gasteiger partial charge in [-0.3, -0.25) is 0 Å². The van der Waals surface area contributed by atoms with Crippen LogP contribution in [0.15, 0.2) is 6.07 Å². The first kappa shape index (κ1) is 14.3. The van der Waals surface area contributed by atoms with Crippen molar-refractivity contribution < 1.29 is 4.74 Å². The fraction of sp³-hybridized carbons (Fsp3) is 0.462. The number of halogens is 1. The summed E-state index contributed by atoms with van der Waals surface area (Å²) < 4.78 is 5.42. The van der Waals surface area contributed by atoms with Gasteiger partial charge in [-0.05, 0) is 37.0 Å². The lowest BCUT2D eigenvalue weighted by molar-refractivity contribution is 0.406. The van der Waals surface area contributed by atoms with Crippen molar-refractivity contribution in [2.24, 2.45) is 5.73 Å². The monoisotopic (exact) mass is 271 g/mol. The summed E-state index contributed by atoms with van der Waals surface area (Å²) in [5.74, 6) is 1.06. The minimum atomic E-state index is 0.209. The molecule has 2 nitrogen and oxygen atoms in total. The van der Waals surface area contributed by atoms with E-state index in [1.807, 2.05) is 19.9 Å². The fourth-order valence-corrected chi connectivity index (χ4v) is 2.53. The molecule has 1 rings (SSSR count). The Hall–Kier alpha value is -0.800. The molecule has 4 heteroatoms. The lowest BCUT2D eigenvalue weighted by Crippen LogP contribution is -2.13. The Kier molecular flexibility index (Phi) is 4.78. The Labute approximate surface area is 113 Å². The van der Waals surface area contributed by atoms with Crippen LogP contribution < -0.4 is 10.5 Å². The molecule has 0 amide bonds. The fourth-order valence-electron chi connectivity index (χ4n) is 2.12. The number of ether oxygens (including phenoxy) is 1. The quantitative estimate of drug-likeness (QED) is 0.847. The van der Waals surface area contributed by atoms with E-state index in [0.29, 0.717) is 11.4 Å². The maximum Gasteiger partial charge on any atom is 0.122 e. The molecule has 0 saturated heterocycles. The van der Waals surface area contributed by atoms with Crippen molar-refractivity contribution in [1.29, 1.82) is 0 Å². The van der Waals surface area contributed by atoms with Crippen molar-refractivity contribution in [2.45, 2.75) is 33.1 Å². The third-order valence-electron chi connectivity index (χ3n) is 2.91. The smallest absolute Gasteiger partial charge is 0.122 e. The van der Waals surface area contributed by atoms with Crippen molar-refractivity contribution in [3.8, 4) is 5.75 Å². The van der Waals surface area contributed by atoms with Crippen LogP contribution in [0.2, 0.25) is 5.02 Å². The van der Waals surface area contributed by atoms with Crippen LogP contribution in [-0.4, -0.2) is 12.1 Å². The zero-order valence-corrected chi connectivity index (χ0v) is 12.2. The molecule has 1 aromatic carbocycles. The summed E-state index contributed by atoms with van der Waals surface area (Å²) in [6.45, 7) is 6.05. The maximum absolute atomic E-state index is 6.27. The summed E-state index contributed by atoms with van der Waals surface area (Å²) in [5, 5.41) is 0.788. The molecule has 0 fully saturated rings. The molecule has 0 aliphatic carbocycles. The average Bonchev–Trinajstić information content (AvgIpc) is 2.23. The summed E-state index contributed by atoms with van der Waals surface area (Å²) in [5.41, 5.74) is 8.76. The highest BCUT2D eigenvalue weighted by molar-refractivity contribution is 7.80. The SMILES string of the molecule is COc1cc(C)c(Cl)c(C)c1C(C)CC(N)=S. The Morgan fingerprint density at radius 2 is 2.12 bits per heavy atom. The molecule has 1 atom stereocenters. The van der Waals surface area contributed by atoms with Gasteiger partial charge in [-0.15, -0.1) is 0 Å². The van der Waals surface area contributed by atoms with Crippen LogP contribution in [0.1, 0.15) is 36.0 Å². The number of aryl methyl sites for hydroxylation is 1. The molecule has 0 aliphatic rings. The standard InChI is InChI=1S/C13H18ClNOS/c1-7(6-11(15)17)12-9(3)13(14)8(2)5-10(12)16-4/h5,7H,6H2,1-4H3,(H2,15,17). The van der Waals surface area contributed by atoms with Gasteiger partial charge in [0.05, 0.1) is 12.1 Å². The van der Waals surface area contributed by atoms with Crippen LogP contribution in [0.25, 0.3) is 0 Å². The van der Waals surface area contributed by atoms with Crippen molar-refractivity contribution in [1.82, 2.24) is 0 Å². The normalized spacial score (nSPS) is 12.3. The molecule has 94 valence electrons. The van der Waals surface area contributed by atoms with Gasteiger partial charge >= 0.3 is 0 Å². The van der Waals surface area contributed by atoms with Crippen LogP contribution in [0, 0.1) is 13.8 Å². The highest BCUT2D eigenvalue weighted by Crippen LogP contribution is 2.37. The third-order valence-corrected chi connectivity index (χ3v) is 3.66. The molecule has 2 N–H and O–H groups in total. The van der Waals surface area contributed by atoms with E-state index in [-0.39, 0.29) is 5.92 Å². The van der Waals surface area contributed by atoms with Gasteiger partial charge in [0.1, 0.15) is 5.75 Å². The number of hydrogen-bond donors (Lipinski definition) is 1. The van der Waals surface area contributed by atoms with Gasteiger partial charge in [-0.1, -0.05) is 30.7 Å². The van der Waals surface area contributed by atoms with Crippen molar-refractivity contribution in [2.75, 3.05) is 7.11 Å². The molecule has 0 saturated carbocycles. The van der Waals surface area contributed by atoms with Crippen LogP contribution in [0.4, 0.5) is 0 Å². The number of thiocarbonyl (C=S) groups is 1. The van der Waals surface area contributed by atoms with Crippen LogP contribution in [-0.2, 0) is 0 Å². The van der Waals surface area contributed by atoms with Crippen molar-refractivity contribution in [3.05, 3.63) is 27.8 Å². The van der Waals surface area contributed by atoms with Crippen LogP contribution >= 0.6 is 23.8 Å². The number of nitrogens with two attached hydrogens (primary N) is 1. The van der Waals surface area contributed by atoms with E-state index in [2.05, 4.69) is 6.92 Å². The highest BCUT2D eigenvalue weighted by atomic mass is 35.5. The molecule has 0 bridgehead atoms. The van der Waals surface area contributed by atoms with Gasteiger partial charge < -0.3 is 10.5 Å². The van der Waals surface area contributed by atoms with Crippen LogP contribution in [0.3, 0.4) is 0 Å². The minimum Gasteiger partial charge on any atom is -0.496 e. The van der Waals surface area contributed by atoms with E-state index in [9.17, 15) is 0 Å². The van der Waals surface area contributed by atoms with E-state index < -0.39 is 0 Å². The van der Waals surface area contributed by atoms with Gasteiger partial charge in [-0.25, -0.2) is 0 Å². The second-order valence-corrected chi connectivity index (χ2v) is 5.22. The molecule has 0 heterocycles. The topological polar surface area (TPSA) is 35.2 Å². The molecule has 1 unspecified atom stereocenters. The Bertz CT molecular complexity index is 446. The average molecular weight is 272 g/mol. The van der Waals surface area contributed by atoms with E-state index in [4.69, 9.17) is 34.3 Å². The number of methoxy groups -OCH3 is 1. The molecule has 0 spiro atoms. The summed E-state index contributed by atoms with van der Waals surface area (Å²) >= 11 is 11.2. The van der Waals surface area contributed by atoms with Crippen molar-refractivity contribution in [3.63, 3.8) is 0 Å². The minimum absolute atomic E-state index is 0.209. The van der Waals surface area contributed by atoms with Gasteiger partial charge in [-0.2, -0.15) is 0 Å². The summed E-state index contributed by atoms with van der Waals surface area (Å²) in [6.07, 6.45) is 0.659. The van der Waals surface area contributed by atoms with Crippen LogP contribution in [0.5, 0.6) is 5.75 Å². The predicted molar refractivity (Wildman–Crippen MR) is 77.3 cm³/mol. The Morgan fingerprint density at radius 1 is 1.53 bits per heavy atom. The van der Waals surface area contributed by atoms with Crippen molar-refractivity contribution >= 4 is 28.8 Å². The second-order valence-electron chi connectivity index (χ2n) is 4.32. The van der Waals surface area contributed by atoms with E-state index >= 15 is 0 Å². The Morgan fingerprint density at radius 3 is 2.59 bits per heavy atom. The van der Waals surface area contributed by atoms with E-state index in [1.54, 1.807) is 7.11 Å². The van der Waals surface area contributed by atoms with Gasteiger partial charge in [0.2, 0.25) is 0 Å². The first-order valence-corrected chi connectivity index (χ1v) is 6.29. The lowest BCUT2D eigenvalue weighted by atomic mass is 9.91. The highest BCUT2D eigenvalue weighted by Gasteiger charge is 2.18. The first-order valence-electron chi connectivity index (χ1n) is 5.50. The summed E-state index contributed by atoms with van der Waals surface area (Å²) in [4.78, 5) is 0.510. The molecule has 0 aliphatic heterocycles. The van der Waals surface area contributed by atoms with Gasteiger partial charge in [0.25, 0.3) is 0 Å². The first-order chi connectivity index (χ1) is 7.88. The zero-order valence-electron chi connectivity index (χ0n) is 10.6. The second kappa shape index (κ2) is 5.69. The molecule has 0 radical (unpaired) electrons. The van der Waals surface area contributed by atoms with Gasteiger partial charge in [0, 0.05) is 17.0 Å². The number of rotatable bonds is 4. The van der Waals surface area contributed by atoms with E-state index in [1.165, 1.54) is 0 Å². The Balaban J connectivity index is 3.30. The molecular formula is C13H18ClNOS. The zero-order chi connectivity index (χ0) is 13.2. The summed E-state index contributed by atoms with van der Waals surface area (Å²) in [7, 11) is 1.67. The number of hydrogen-bond acceptors (Lipinski definition) is 2.